The van der Waals surface area contributed by atoms with Gasteiger partial charge in [-0.2, -0.15) is 0 Å². The van der Waals surface area contributed by atoms with E-state index < -0.39 is 6.04 Å². The number of nitrogens with one attached hydrogen (secondary N) is 1. The summed E-state index contributed by atoms with van der Waals surface area (Å²) in [4.78, 5) is 40.2. The topological polar surface area (TPSA) is 66.5 Å². The third kappa shape index (κ3) is 2.27. The summed E-state index contributed by atoms with van der Waals surface area (Å²) in [6.07, 6.45) is 5.39. The van der Waals surface area contributed by atoms with E-state index in [1.54, 1.807) is 25.1 Å². The molecule has 2 saturated carbocycles. The Balaban J connectivity index is 1.39. The smallest absolute Gasteiger partial charge is 0.247 e. The van der Waals surface area contributed by atoms with E-state index in [0.29, 0.717) is 22.5 Å². The maximum absolute atomic E-state index is 13.1. The van der Waals surface area contributed by atoms with E-state index in [9.17, 15) is 14.4 Å². The summed E-state index contributed by atoms with van der Waals surface area (Å²) in [5, 5.41) is 3.38. The van der Waals surface area contributed by atoms with Crippen LogP contribution in [0.5, 0.6) is 0 Å². The van der Waals surface area contributed by atoms with Crippen molar-refractivity contribution < 1.29 is 14.4 Å². The highest BCUT2D eigenvalue weighted by Gasteiger charge is 2.67. The van der Waals surface area contributed by atoms with Gasteiger partial charge in [0.25, 0.3) is 0 Å². The lowest BCUT2D eigenvalue weighted by Crippen LogP contribution is -2.46. The number of amides is 3. The van der Waals surface area contributed by atoms with Gasteiger partial charge in [-0.15, -0.1) is 0 Å². The summed E-state index contributed by atoms with van der Waals surface area (Å²) in [7, 11) is 0. The number of anilines is 1. The van der Waals surface area contributed by atoms with Crippen LogP contribution in [0.15, 0.2) is 30.4 Å². The van der Waals surface area contributed by atoms with Gasteiger partial charge in [0.2, 0.25) is 17.7 Å². The molecular formula is C21H21ClN2O3. The largest absolute Gasteiger partial charge is 0.324 e. The molecule has 1 heterocycles. The number of likely N-dealkylation sites (tertiary alicyclic amines) is 1. The summed E-state index contributed by atoms with van der Waals surface area (Å²) in [6.45, 7) is 3.44. The number of allylic oxidation sites excluding steroid dienone is 2. The van der Waals surface area contributed by atoms with Crippen molar-refractivity contribution in [2.45, 2.75) is 26.3 Å². The molecule has 1 aromatic carbocycles. The fraction of sp³-hybridized carbons (Fsp3) is 0.476. The van der Waals surface area contributed by atoms with Crippen molar-refractivity contribution in [3.63, 3.8) is 0 Å². The van der Waals surface area contributed by atoms with Crippen molar-refractivity contribution in [1.29, 1.82) is 0 Å². The van der Waals surface area contributed by atoms with Gasteiger partial charge in [0.05, 0.1) is 11.8 Å². The number of benzene rings is 1. The minimum atomic E-state index is -0.843. The zero-order valence-corrected chi connectivity index (χ0v) is 15.9. The van der Waals surface area contributed by atoms with Gasteiger partial charge >= 0.3 is 0 Å². The highest BCUT2D eigenvalue weighted by Crippen LogP contribution is 2.65. The Kier molecular flexibility index (Phi) is 3.57. The average molecular weight is 385 g/mol. The highest BCUT2D eigenvalue weighted by atomic mass is 35.5. The SMILES string of the molecule is Cc1c(Cl)cccc1NC(=O)[C@@H](C)N1C(=O)[C@H]2[C@@H]3C=C[C@H]([C@H]4C[C@H]34)[C@@H]2C1=O. The summed E-state index contributed by atoms with van der Waals surface area (Å²) < 4.78 is 0. The monoisotopic (exact) mass is 384 g/mol. The molecule has 0 unspecified atom stereocenters. The van der Waals surface area contributed by atoms with E-state index in [1.165, 1.54) is 4.90 Å². The zero-order valence-electron chi connectivity index (χ0n) is 15.2. The van der Waals surface area contributed by atoms with Crippen molar-refractivity contribution in [3.05, 3.63) is 40.9 Å². The van der Waals surface area contributed by atoms with Gasteiger partial charge in [-0.1, -0.05) is 29.8 Å². The molecular weight excluding hydrogens is 364 g/mol. The van der Waals surface area contributed by atoms with E-state index in [-0.39, 0.29) is 41.4 Å². The van der Waals surface area contributed by atoms with Crippen molar-refractivity contribution in [1.82, 2.24) is 4.90 Å². The fourth-order valence-corrected chi connectivity index (χ4v) is 5.63. The molecule has 6 heteroatoms. The van der Waals surface area contributed by atoms with Gasteiger partial charge in [-0.25, -0.2) is 0 Å². The molecule has 1 aliphatic heterocycles. The summed E-state index contributed by atoms with van der Waals surface area (Å²) in [5.41, 5.74) is 1.36. The summed E-state index contributed by atoms with van der Waals surface area (Å²) in [5.74, 6) is 0.145. The van der Waals surface area contributed by atoms with E-state index in [1.807, 2.05) is 6.92 Å². The standard InChI is InChI=1S/C21H21ClN2O3/c1-9-15(22)4-3-5-16(9)23-19(25)10(2)24-20(26)17-11-6-7-12(14-8-13(11)14)18(17)21(24)27/h3-7,10-14,17-18H,8H2,1-2H3,(H,23,25)/t10-,11-,12-,13-,14-,17+,18+/m1/s1. The van der Waals surface area contributed by atoms with Crippen LogP contribution in [0.1, 0.15) is 18.9 Å². The number of halogens is 1. The van der Waals surface area contributed by atoms with Crippen molar-refractivity contribution in [2.75, 3.05) is 5.32 Å². The first-order valence-corrected chi connectivity index (χ1v) is 9.89. The molecule has 6 rings (SSSR count). The van der Waals surface area contributed by atoms with Crippen LogP contribution in [-0.4, -0.2) is 28.7 Å². The third-order valence-corrected chi connectivity index (χ3v) is 7.40. The van der Waals surface area contributed by atoms with Gasteiger partial charge in [0.1, 0.15) is 6.04 Å². The Bertz CT molecular complexity index is 875. The maximum Gasteiger partial charge on any atom is 0.247 e. The van der Waals surface area contributed by atoms with Gasteiger partial charge < -0.3 is 5.32 Å². The number of hydrogen-bond acceptors (Lipinski definition) is 3. The Morgan fingerprint density at radius 3 is 2.33 bits per heavy atom. The third-order valence-electron chi connectivity index (χ3n) is 6.99. The van der Waals surface area contributed by atoms with Crippen LogP contribution in [0, 0.1) is 42.4 Å². The zero-order chi connectivity index (χ0) is 19.0. The van der Waals surface area contributed by atoms with Crippen molar-refractivity contribution in [2.24, 2.45) is 35.5 Å². The quantitative estimate of drug-likeness (QED) is 0.643. The molecule has 1 aromatic rings. The number of carbonyl (C=O) groups excluding carboxylic acids is 3. The second-order valence-corrected chi connectivity index (χ2v) is 8.69. The van der Waals surface area contributed by atoms with E-state index >= 15 is 0 Å². The molecule has 5 aliphatic rings. The number of carbonyl (C=O) groups is 3. The molecule has 3 fully saturated rings. The van der Waals surface area contributed by atoms with Gasteiger partial charge in [-0.05, 0) is 61.6 Å². The lowest BCUT2D eigenvalue weighted by atomic mass is 9.63. The Morgan fingerprint density at radius 2 is 1.74 bits per heavy atom. The highest BCUT2D eigenvalue weighted by molar-refractivity contribution is 6.31. The number of nitrogens with zero attached hydrogens (tertiary/aromatic N) is 1. The fourth-order valence-electron chi connectivity index (χ4n) is 5.46. The van der Waals surface area contributed by atoms with Crippen molar-refractivity contribution in [3.8, 4) is 0 Å². The predicted octanol–water partition coefficient (Wildman–Crippen LogP) is 3.03. The minimum absolute atomic E-state index is 0.164. The van der Waals surface area contributed by atoms with E-state index in [4.69, 9.17) is 11.6 Å². The summed E-state index contributed by atoms with van der Waals surface area (Å²) in [6, 6.07) is 4.43. The molecule has 7 atom stereocenters. The van der Waals surface area contributed by atoms with Gasteiger partial charge in [0.15, 0.2) is 0 Å². The molecule has 0 radical (unpaired) electrons. The maximum atomic E-state index is 13.1. The van der Waals surface area contributed by atoms with Crippen LogP contribution in [0.25, 0.3) is 0 Å². The van der Waals surface area contributed by atoms with Crippen LogP contribution < -0.4 is 5.32 Å². The predicted molar refractivity (Wildman–Crippen MR) is 101 cm³/mol. The van der Waals surface area contributed by atoms with Crippen LogP contribution in [-0.2, 0) is 14.4 Å². The molecule has 1 saturated heterocycles. The molecule has 0 aromatic heterocycles. The van der Waals surface area contributed by atoms with Crippen LogP contribution in [0.3, 0.4) is 0 Å². The molecule has 27 heavy (non-hydrogen) atoms. The molecule has 140 valence electrons. The molecule has 2 bridgehead atoms. The normalized spacial score (nSPS) is 36.5. The van der Waals surface area contributed by atoms with E-state index in [0.717, 1.165) is 12.0 Å². The summed E-state index contributed by atoms with van der Waals surface area (Å²) >= 11 is 6.11. The number of hydrogen-bond donors (Lipinski definition) is 1. The molecule has 0 spiro atoms. The Morgan fingerprint density at radius 1 is 1.15 bits per heavy atom. The molecule has 1 N–H and O–H groups in total. The number of rotatable bonds is 3. The first-order valence-electron chi connectivity index (χ1n) is 9.51. The second kappa shape index (κ2) is 5.68. The molecule has 5 nitrogen and oxygen atoms in total. The molecule has 4 aliphatic carbocycles. The second-order valence-electron chi connectivity index (χ2n) is 8.28. The van der Waals surface area contributed by atoms with Crippen molar-refractivity contribution >= 4 is 35.0 Å². The Hall–Kier alpha value is -2.14. The van der Waals surface area contributed by atoms with Gasteiger partial charge in [0, 0.05) is 10.7 Å². The first kappa shape index (κ1) is 17.0. The molecule has 3 amide bonds. The number of imide groups is 1. The lowest BCUT2D eigenvalue weighted by Gasteiger charge is -2.37. The van der Waals surface area contributed by atoms with Gasteiger partial charge in [-0.3, -0.25) is 19.3 Å². The van der Waals surface area contributed by atoms with Crippen LogP contribution in [0.2, 0.25) is 5.02 Å². The average Bonchev–Trinajstić information content (AvgIpc) is 3.42. The van der Waals surface area contributed by atoms with Crippen LogP contribution in [0.4, 0.5) is 5.69 Å². The lowest BCUT2D eigenvalue weighted by molar-refractivity contribution is -0.146. The van der Waals surface area contributed by atoms with Crippen LogP contribution >= 0.6 is 11.6 Å². The van der Waals surface area contributed by atoms with E-state index in [2.05, 4.69) is 17.5 Å². The minimum Gasteiger partial charge on any atom is -0.324 e. The Labute approximate surface area is 162 Å². The first-order chi connectivity index (χ1) is 12.9.